The van der Waals surface area contributed by atoms with Gasteiger partial charge in [0.2, 0.25) is 0 Å². The van der Waals surface area contributed by atoms with Gasteiger partial charge >= 0.3 is 12.1 Å². The van der Waals surface area contributed by atoms with Gasteiger partial charge in [0.1, 0.15) is 18.4 Å². The molecule has 1 heterocycles. The van der Waals surface area contributed by atoms with Gasteiger partial charge in [-0.2, -0.15) is 0 Å². The van der Waals surface area contributed by atoms with Crippen LogP contribution in [-0.2, 0) is 16.0 Å². The number of phenolic OH excluding ortho intramolecular Hbond substituents is 1. The average molecular weight is 442 g/mol. The number of benzene rings is 3. The van der Waals surface area contributed by atoms with Gasteiger partial charge in [-0.3, -0.25) is 9.36 Å². The molecule has 0 bridgehead atoms. The van der Waals surface area contributed by atoms with Crippen molar-refractivity contribution in [1.29, 1.82) is 0 Å². The summed E-state index contributed by atoms with van der Waals surface area (Å²) in [7, 11) is 0. The second-order valence-electron chi connectivity index (χ2n) is 8.18. The molecule has 0 fully saturated rings. The van der Waals surface area contributed by atoms with Crippen molar-refractivity contribution in [3.8, 4) is 16.9 Å². The smallest absolute Gasteiger partial charge is 0.418 e. The summed E-state index contributed by atoms with van der Waals surface area (Å²) in [5, 5.41) is 19.6. The Hall–Kier alpha value is -4.10. The van der Waals surface area contributed by atoms with E-state index >= 15 is 0 Å². The van der Waals surface area contributed by atoms with E-state index in [2.05, 4.69) is 12.1 Å². The Labute approximate surface area is 189 Å². The van der Waals surface area contributed by atoms with E-state index in [1.165, 1.54) is 22.9 Å². The fourth-order valence-electron chi connectivity index (χ4n) is 4.59. The highest BCUT2D eigenvalue weighted by Gasteiger charge is 2.29. The van der Waals surface area contributed by atoms with Crippen LogP contribution in [0.2, 0.25) is 0 Å². The lowest BCUT2D eigenvalue weighted by Crippen LogP contribution is -2.32. The first kappa shape index (κ1) is 20.8. The first-order valence-electron chi connectivity index (χ1n) is 10.6. The summed E-state index contributed by atoms with van der Waals surface area (Å²) in [6.45, 7) is 0.161. The van der Waals surface area contributed by atoms with Crippen molar-refractivity contribution in [1.82, 2.24) is 4.57 Å². The van der Waals surface area contributed by atoms with E-state index in [1.807, 2.05) is 36.4 Å². The van der Waals surface area contributed by atoms with E-state index in [9.17, 15) is 19.8 Å². The number of ether oxygens (including phenoxy) is 1. The summed E-state index contributed by atoms with van der Waals surface area (Å²) in [4.78, 5) is 24.3. The molecule has 1 aliphatic carbocycles. The van der Waals surface area contributed by atoms with Crippen LogP contribution in [0, 0.1) is 0 Å². The zero-order valence-corrected chi connectivity index (χ0v) is 17.6. The molecule has 0 spiro atoms. The SMILES string of the molecule is N[C@@H](Cc1cn(C(=O)OCC2c3ccccc3-c3ccccc32)c2ccc(O)cc12)C(=O)O. The van der Waals surface area contributed by atoms with Gasteiger partial charge in [0, 0.05) is 23.9 Å². The van der Waals surface area contributed by atoms with Crippen LogP contribution in [0.4, 0.5) is 4.79 Å². The zero-order chi connectivity index (χ0) is 23.1. The maximum atomic E-state index is 13.1. The molecule has 7 heteroatoms. The summed E-state index contributed by atoms with van der Waals surface area (Å²) in [6.07, 6.45) is 0.966. The van der Waals surface area contributed by atoms with Gasteiger partial charge in [0.15, 0.2) is 0 Å². The van der Waals surface area contributed by atoms with Crippen LogP contribution in [0.3, 0.4) is 0 Å². The maximum Gasteiger partial charge on any atom is 0.418 e. The third-order valence-electron chi connectivity index (χ3n) is 6.16. The molecule has 1 atom stereocenters. The van der Waals surface area contributed by atoms with Gasteiger partial charge < -0.3 is 20.7 Å². The Morgan fingerprint density at radius 3 is 2.27 bits per heavy atom. The molecule has 4 aromatic rings. The van der Waals surface area contributed by atoms with Gasteiger partial charge in [0.05, 0.1) is 5.52 Å². The fourth-order valence-corrected chi connectivity index (χ4v) is 4.59. The number of aliphatic carboxylic acids is 1. The van der Waals surface area contributed by atoms with E-state index in [-0.39, 0.29) is 24.7 Å². The summed E-state index contributed by atoms with van der Waals surface area (Å²) in [5.41, 5.74) is 11.3. The number of aromatic hydroxyl groups is 1. The Balaban J connectivity index is 1.44. The lowest BCUT2D eigenvalue weighted by atomic mass is 9.98. The van der Waals surface area contributed by atoms with Crippen LogP contribution >= 0.6 is 0 Å². The minimum absolute atomic E-state index is 0.0120. The number of fused-ring (bicyclic) bond motifs is 4. The minimum Gasteiger partial charge on any atom is -0.508 e. The van der Waals surface area contributed by atoms with Crippen LogP contribution in [0.25, 0.3) is 22.0 Å². The van der Waals surface area contributed by atoms with E-state index in [0.29, 0.717) is 16.5 Å². The van der Waals surface area contributed by atoms with Crippen LogP contribution in [0.1, 0.15) is 22.6 Å². The lowest BCUT2D eigenvalue weighted by Gasteiger charge is -2.14. The molecule has 3 aromatic carbocycles. The number of aromatic nitrogens is 1. The van der Waals surface area contributed by atoms with Gasteiger partial charge in [-0.15, -0.1) is 0 Å². The van der Waals surface area contributed by atoms with Gasteiger partial charge in [-0.1, -0.05) is 48.5 Å². The van der Waals surface area contributed by atoms with Crippen molar-refractivity contribution in [2.75, 3.05) is 6.61 Å². The van der Waals surface area contributed by atoms with Crippen molar-refractivity contribution in [2.24, 2.45) is 5.73 Å². The van der Waals surface area contributed by atoms with Crippen LogP contribution in [-0.4, -0.2) is 39.5 Å². The summed E-state index contributed by atoms with van der Waals surface area (Å²) >= 11 is 0. The van der Waals surface area contributed by atoms with E-state index in [0.717, 1.165) is 22.3 Å². The third-order valence-corrected chi connectivity index (χ3v) is 6.16. The highest BCUT2D eigenvalue weighted by Crippen LogP contribution is 2.44. The summed E-state index contributed by atoms with van der Waals surface area (Å²) in [6, 6.07) is 19.6. The fraction of sp³-hybridized carbons (Fsp3) is 0.154. The summed E-state index contributed by atoms with van der Waals surface area (Å²) in [5.74, 6) is -1.21. The average Bonchev–Trinajstić information content (AvgIpc) is 3.33. The predicted octanol–water partition coefficient (Wildman–Crippen LogP) is 4.10. The molecule has 33 heavy (non-hydrogen) atoms. The molecule has 7 nitrogen and oxygen atoms in total. The molecule has 5 rings (SSSR count). The number of rotatable bonds is 5. The van der Waals surface area contributed by atoms with Gasteiger partial charge in [-0.25, -0.2) is 4.79 Å². The second-order valence-corrected chi connectivity index (χ2v) is 8.18. The topological polar surface area (TPSA) is 115 Å². The van der Waals surface area contributed by atoms with E-state index < -0.39 is 18.1 Å². The number of carboxylic acids is 1. The van der Waals surface area contributed by atoms with Crippen molar-refractivity contribution >= 4 is 23.0 Å². The van der Waals surface area contributed by atoms with Gasteiger partial charge in [0.25, 0.3) is 0 Å². The molecule has 4 N–H and O–H groups in total. The normalized spacial score (nSPS) is 13.5. The van der Waals surface area contributed by atoms with E-state index in [4.69, 9.17) is 10.5 Å². The number of hydrogen-bond donors (Lipinski definition) is 3. The highest BCUT2D eigenvalue weighted by atomic mass is 16.5. The number of carbonyl (C=O) groups excluding carboxylic acids is 1. The molecule has 0 saturated heterocycles. The van der Waals surface area contributed by atoms with Crippen LogP contribution in [0.5, 0.6) is 5.75 Å². The first-order chi connectivity index (χ1) is 15.9. The molecule has 0 saturated carbocycles. The monoisotopic (exact) mass is 442 g/mol. The molecular formula is C26H22N2O5. The lowest BCUT2D eigenvalue weighted by molar-refractivity contribution is -0.138. The van der Waals surface area contributed by atoms with Crippen molar-refractivity contribution in [2.45, 2.75) is 18.4 Å². The Kier molecular flexibility index (Phi) is 5.11. The Morgan fingerprint density at radius 2 is 1.64 bits per heavy atom. The molecule has 0 aliphatic heterocycles. The Morgan fingerprint density at radius 1 is 1.00 bits per heavy atom. The zero-order valence-electron chi connectivity index (χ0n) is 17.6. The molecule has 166 valence electrons. The number of carbonyl (C=O) groups is 2. The van der Waals surface area contributed by atoms with Crippen LogP contribution in [0.15, 0.2) is 72.9 Å². The Bertz CT molecular complexity index is 1350. The van der Waals surface area contributed by atoms with E-state index in [1.54, 1.807) is 6.07 Å². The number of phenols is 1. The molecule has 1 aliphatic rings. The van der Waals surface area contributed by atoms with Crippen molar-refractivity contribution in [3.05, 3.63) is 89.6 Å². The molecule has 0 radical (unpaired) electrons. The first-order valence-corrected chi connectivity index (χ1v) is 10.6. The second kappa shape index (κ2) is 8.11. The van der Waals surface area contributed by atoms with Crippen molar-refractivity contribution < 1.29 is 24.5 Å². The molecule has 0 amide bonds. The minimum atomic E-state index is -1.14. The molecule has 1 aromatic heterocycles. The highest BCUT2D eigenvalue weighted by molar-refractivity contribution is 5.93. The third kappa shape index (κ3) is 3.62. The van der Waals surface area contributed by atoms with Gasteiger partial charge in [-0.05, 0) is 46.0 Å². The summed E-state index contributed by atoms with van der Waals surface area (Å²) < 4.78 is 7.08. The standard InChI is InChI=1S/C26H22N2O5/c27-23(25(30)31)11-15-13-28(24-10-9-16(29)12-21(15)24)26(32)33-14-22-19-7-3-1-5-17(19)18-6-2-4-8-20(18)22/h1-10,12-13,22-23,29H,11,14,27H2,(H,30,31)/t23-/m0/s1. The molecule has 0 unspecified atom stereocenters. The number of nitrogens with zero attached hydrogens (tertiary/aromatic N) is 1. The maximum absolute atomic E-state index is 13.1. The predicted molar refractivity (Wildman–Crippen MR) is 123 cm³/mol. The molecular weight excluding hydrogens is 420 g/mol. The largest absolute Gasteiger partial charge is 0.508 e. The number of hydrogen-bond acceptors (Lipinski definition) is 5. The quantitative estimate of drug-likeness (QED) is 0.429. The van der Waals surface area contributed by atoms with Crippen LogP contribution < -0.4 is 5.73 Å². The number of nitrogens with two attached hydrogens (primary N) is 1. The van der Waals surface area contributed by atoms with Crippen molar-refractivity contribution in [3.63, 3.8) is 0 Å². The number of carboxylic acid groups (broad SMARTS) is 1.